The van der Waals surface area contributed by atoms with Crippen molar-refractivity contribution in [2.45, 2.75) is 26.3 Å². The molecule has 7 nitrogen and oxygen atoms in total. The van der Waals surface area contributed by atoms with Crippen molar-refractivity contribution < 1.29 is 14.2 Å². The number of nitrogens with zero attached hydrogens (tertiary/aromatic N) is 2. The third-order valence-corrected chi connectivity index (χ3v) is 5.48. The predicted molar refractivity (Wildman–Crippen MR) is 146 cm³/mol. The molecule has 2 aromatic carbocycles. The maximum absolute atomic E-state index is 5.68. The number of aliphatic imine (C=N–C) groups is 1. The van der Waals surface area contributed by atoms with Gasteiger partial charge < -0.3 is 29.7 Å². The average Bonchev–Trinajstić information content (AvgIpc) is 2.85. The van der Waals surface area contributed by atoms with Crippen LogP contribution < -0.4 is 25.0 Å². The Bertz CT molecular complexity index is 872. The highest BCUT2D eigenvalue weighted by molar-refractivity contribution is 14.0. The third-order valence-electron chi connectivity index (χ3n) is 5.48. The summed E-state index contributed by atoms with van der Waals surface area (Å²) in [6.07, 6.45) is 1.94. The number of anilines is 1. The van der Waals surface area contributed by atoms with Crippen LogP contribution in [0.3, 0.4) is 0 Å². The molecule has 1 aliphatic rings. The lowest BCUT2D eigenvalue weighted by molar-refractivity contribution is 0.122. The quantitative estimate of drug-likeness (QED) is 0.197. The monoisotopic (exact) mass is 568 g/mol. The number of methoxy groups -OCH3 is 1. The fourth-order valence-electron chi connectivity index (χ4n) is 3.82. The van der Waals surface area contributed by atoms with Gasteiger partial charge in [-0.25, -0.2) is 0 Å². The molecule has 182 valence electrons. The summed E-state index contributed by atoms with van der Waals surface area (Å²) in [7, 11) is 3.47. The number of ether oxygens (including phenoxy) is 3. The molecule has 1 saturated heterocycles. The summed E-state index contributed by atoms with van der Waals surface area (Å²) in [4.78, 5) is 6.77. The Morgan fingerprint density at radius 1 is 1.09 bits per heavy atom. The van der Waals surface area contributed by atoms with Gasteiger partial charge in [0.1, 0.15) is 0 Å². The lowest BCUT2D eigenvalue weighted by atomic mass is 10.1. The minimum atomic E-state index is 0. The molecule has 1 fully saturated rings. The fraction of sp³-hybridized carbons (Fsp3) is 0.480. The first-order valence-electron chi connectivity index (χ1n) is 11.4. The molecule has 8 heteroatoms. The molecular weight excluding hydrogens is 531 g/mol. The van der Waals surface area contributed by atoms with Gasteiger partial charge >= 0.3 is 0 Å². The molecule has 1 aliphatic heterocycles. The van der Waals surface area contributed by atoms with Crippen LogP contribution in [0.15, 0.2) is 47.5 Å². The SMILES string of the molecule is CCOc1cc(CCCNC(=NC)NCc2ccccc2N2CCOCC2)ccc1OC.I. The van der Waals surface area contributed by atoms with E-state index < -0.39 is 0 Å². The van der Waals surface area contributed by atoms with E-state index in [2.05, 4.69) is 56.9 Å². The zero-order valence-electron chi connectivity index (χ0n) is 19.9. The van der Waals surface area contributed by atoms with Crippen LogP contribution in [0.5, 0.6) is 11.5 Å². The van der Waals surface area contributed by atoms with Gasteiger partial charge in [-0.05, 0) is 49.1 Å². The molecule has 0 aromatic heterocycles. The first-order valence-corrected chi connectivity index (χ1v) is 11.4. The molecule has 0 spiro atoms. The number of hydrogen-bond donors (Lipinski definition) is 2. The van der Waals surface area contributed by atoms with Crippen LogP contribution in [0.4, 0.5) is 5.69 Å². The van der Waals surface area contributed by atoms with E-state index in [0.29, 0.717) is 6.61 Å². The highest BCUT2D eigenvalue weighted by Gasteiger charge is 2.14. The summed E-state index contributed by atoms with van der Waals surface area (Å²) in [5.41, 5.74) is 3.76. The average molecular weight is 569 g/mol. The van der Waals surface area contributed by atoms with Gasteiger partial charge in [0.25, 0.3) is 0 Å². The van der Waals surface area contributed by atoms with Gasteiger partial charge in [-0.15, -0.1) is 24.0 Å². The summed E-state index contributed by atoms with van der Waals surface area (Å²) in [6, 6.07) is 14.7. The summed E-state index contributed by atoms with van der Waals surface area (Å²) >= 11 is 0. The summed E-state index contributed by atoms with van der Waals surface area (Å²) in [6.45, 7) is 7.59. The molecule has 0 saturated carbocycles. The summed E-state index contributed by atoms with van der Waals surface area (Å²) in [5.74, 6) is 2.39. The molecule has 0 amide bonds. The third kappa shape index (κ3) is 8.26. The van der Waals surface area contributed by atoms with E-state index in [-0.39, 0.29) is 24.0 Å². The molecule has 1 heterocycles. The number of para-hydroxylation sites is 1. The second kappa shape index (κ2) is 14.8. The number of aryl methyl sites for hydroxylation is 1. The first-order chi connectivity index (χ1) is 15.7. The molecule has 2 N–H and O–H groups in total. The van der Waals surface area contributed by atoms with E-state index in [1.165, 1.54) is 16.8 Å². The molecule has 0 atom stereocenters. The maximum atomic E-state index is 5.68. The minimum absolute atomic E-state index is 0. The van der Waals surface area contributed by atoms with Crippen LogP contribution in [0, 0.1) is 0 Å². The van der Waals surface area contributed by atoms with Gasteiger partial charge in [-0.2, -0.15) is 0 Å². The molecule has 0 radical (unpaired) electrons. The van der Waals surface area contributed by atoms with Crippen LogP contribution in [0.2, 0.25) is 0 Å². The molecule has 0 bridgehead atoms. The van der Waals surface area contributed by atoms with Crippen molar-refractivity contribution in [3.8, 4) is 11.5 Å². The van der Waals surface area contributed by atoms with Crippen molar-refractivity contribution in [2.24, 2.45) is 4.99 Å². The Kier molecular flexibility index (Phi) is 12.2. The second-order valence-corrected chi connectivity index (χ2v) is 7.60. The molecule has 2 aromatic rings. The van der Waals surface area contributed by atoms with E-state index in [1.807, 2.05) is 13.0 Å². The highest BCUT2D eigenvalue weighted by Crippen LogP contribution is 2.28. The van der Waals surface area contributed by atoms with Gasteiger partial charge in [0.15, 0.2) is 17.5 Å². The van der Waals surface area contributed by atoms with E-state index in [0.717, 1.165) is 69.7 Å². The number of hydrogen-bond acceptors (Lipinski definition) is 5. The highest BCUT2D eigenvalue weighted by atomic mass is 127. The Morgan fingerprint density at radius 3 is 2.61 bits per heavy atom. The predicted octanol–water partition coefficient (Wildman–Crippen LogP) is 3.85. The zero-order chi connectivity index (χ0) is 22.6. The van der Waals surface area contributed by atoms with Gasteiger partial charge in [0.05, 0.1) is 26.9 Å². The van der Waals surface area contributed by atoms with Crippen molar-refractivity contribution >= 4 is 35.6 Å². The second-order valence-electron chi connectivity index (χ2n) is 7.60. The van der Waals surface area contributed by atoms with E-state index in [9.17, 15) is 0 Å². The van der Waals surface area contributed by atoms with Crippen molar-refractivity contribution in [2.75, 3.05) is 58.5 Å². The van der Waals surface area contributed by atoms with Crippen LogP contribution in [-0.4, -0.2) is 59.6 Å². The topological polar surface area (TPSA) is 67.4 Å². The van der Waals surface area contributed by atoms with Crippen molar-refractivity contribution in [3.05, 3.63) is 53.6 Å². The molecule has 33 heavy (non-hydrogen) atoms. The zero-order valence-corrected chi connectivity index (χ0v) is 22.3. The van der Waals surface area contributed by atoms with Crippen LogP contribution >= 0.6 is 24.0 Å². The van der Waals surface area contributed by atoms with Crippen molar-refractivity contribution in [1.29, 1.82) is 0 Å². The van der Waals surface area contributed by atoms with Gasteiger partial charge in [-0.1, -0.05) is 24.3 Å². The van der Waals surface area contributed by atoms with Gasteiger partial charge in [-0.3, -0.25) is 4.99 Å². The number of benzene rings is 2. The number of halogens is 1. The summed E-state index contributed by atoms with van der Waals surface area (Å²) < 4.78 is 16.5. The Morgan fingerprint density at radius 2 is 1.88 bits per heavy atom. The van der Waals surface area contributed by atoms with Crippen LogP contribution in [0.1, 0.15) is 24.5 Å². The van der Waals surface area contributed by atoms with Gasteiger partial charge in [0, 0.05) is 38.9 Å². The Balaban J connectivity index is 0.00000385. The lowest BCUT2D eigenvalue weighted by Crippen LogP contribution is -2.39. The van der Waals surface area contributed by atoms with Crippen molar-refractivity contribution in [1.82, 2.24) is 10.6 Å². The molecule has 0 unspecified atom stereocenters. The van der Waals surface area contributed by atoms with Crippen LogP contribution in [-0.2, 0) is 17.7 Å². The number of nitrogens with one attached hydrogen (secondary N) is 2. The van der Waals surface area contributed by atoms with Crippen molar-refractivity contribution in [3.63, 3.8) is 0 Å². The van der Waals surface area contributed by atoms with Crippen LogP contribution in [0.25, 0.3) is 0 Å². The van der Waals surface area contributed by atoms with Gasteiger partial charge in [0.2, 0.25) is 0 Å². The molecule has 3 rings (SSSR count). The minimum Gasteiger partial charge on any atom is -0.493 e. The number of morpholine rings is 1. The normalized spacial score (nSPS) is 13.8. The van der Waals surface area contributed by atoms with E-state index >= 15 is 0 Å². The molecular formula is C25H37IN4O3. The fourth-order valence-corrected chi connectivity index (χ4v) is 3.82. The smallest absolute Gasteiger partial charge is 0.191 e. The maximum Gasteiger partial charge on any atom is 0.191 e. The number of guanidine groups is 1. The summed E-state index contributed by atoms with van der Waals surface area (Å²) in [5, 5.41) is 6.87. The standard InChI is InChI=1S/C25H36N4O3.HI/c1-4-32-24-18-20(11-12-23(24)30-3)8-7-13-27-25(26-2)28-19-21-9-5-6-10-22(21)29-14-16-31-17-15-29;/h5-6,9-12,18H,4,7-8,13-17,19H2,1-3H3,(H2,26,27,28);1H. The van der Waals surface area contributed by atoms with E-state index in [1.54, 1.807) is 14.2 Å². The largest absolute Gasteiger partial charge is 0.493 e. The molecule has 0 aliphatic carbocycles. The van der Waals surface area contributed by atoms with E-state index in [4.69, 9.17) is 14.2 Å². The number of rotatable bonds is 10. The Hall–Kier alpha value is -2.20. The lowest BCUT2D eigenvalue weighted by Gasteiger charge is -2.30. The first kappa shape index (κ1) is 27.0. The Labute approximate surface area is 214 Å².